The van der Waals surface area contributed by atoms with Gasteiger partial charge >= 0.3 is 0 Å². The van der Waals surface area contributed by atoms with Crippen LogP contribution in [0.15, 0.2) is 30.7 Å². The highest BCUT2D eigenvalue weighted by atomic mass is 32.2. The number of aromatic nitrogens is 5. The van der Waals surface area contributed by atoms with Crippen LogP contribution in [-0.2, 0) is 16.1 Å². The third-order valence-corrected chi connectivity index (χ3v) is 6.42. The van der Waals surface area contributed by atoms with E-state index < -0.39 is 17.8 Å². The molecular weight excluding hydrogens is 416 g/mol. The summed E-state index contributed by atoms with van der Waals surface area (Å²) in [5.41, 5.74) is 0.821. The van der Waals surface area contributed by atoms with Crippen LogP contribution in [0.25, 0.3) is 17.0 Å². The molecule has 0 aliphatic carbocycles. The Morgan fingerprint density at radius 3 is 2.80 bits per heavy atom. The Balaban J connectivity index is 1.38. The molecule has 1 atom stereocenters. The molecule has 2 aliphatic heterocycles. The Hall–Kier alpha value is -2.41. The van der Waals surface area contributed by atoms with E-state index in [-0.39, 0.29) is 11.3 Å². The van der Waals surface area contributed by atoms with Gasteiger partial charge in [0.1, 0.15) is 35.4 Å². The van der Waals surface area contributed by atoms with Gasteiger partial charge < -0.3 is 14.2 Å². The minimum Gasteiger partial charge on any atom is -0.598 e. The summed E-state index contributed by atoms with van der Waals surface area (Å²) in [6.07, 6.45) is 1.99. The topological polar surface area (TPSA) is 94.7 Å². The summed E-state index contributed by atoms with van der Waals surface area (Å²) in [5.74, 6) is 0.698. The van der Waals surface area contributed by atoms with Crippen LogP contribution in [-0.4, -0.2) is 78.1 Å². The molecule has 5 rings (SSSR count). The average molecular weight is 435 g/mol. The molecule has 3 aromatic heterocycles. The lowest BCUT2D eigenvalue weighted by molar-refractivity contribution is -0.105. The predicted molar refractivity (Wildman–Crippen MR) is 106 cm³/mol. The van der Waals surface area contributed by atoms with Gasteiger partial charge in [0, 0.05) is 17.4 Å². The van der Waals surface area contributed by atoms with E-state index in [1.54, 1.807) is 18.5 Å². The fraction of sp³-hybridized carbons (Fsp3) is 0.444. The summed E-state index contributed by atoms with van der Waals surface area (Å²) in [5, 5.41) is 3.99. The highest BCUT2D eigenvalue weighted by Crippen LogP contribution is 2.34. The fourth-order valence-corrected chi connectivity index (χ4v) is 4.62. The van der Waals surface area contributed by atoms with Gasteiger partial charge in [0.05, 0.1) is 44.7 Å². The van der Waals surface area contributed by atoms with Crippen molar-refractivity contribution >= 4 is 22.8 Å². The molecule has 1 spiro atoms. The van der Waals surface area contributed by atoms with Crippen LogP contribution >= 0.6 is 0 Å². The second-order valence-electron chi connectivity index (χ2n) is 7.41. The summed E-state index contributed by atoms with van der Waals surface area (Å²) in [6.45, 7) is 3.06. The highest BCUT2D eigenvalue weighted by Gasteiger charge is 2.49. The maximum absolute atomic E-state index is 13.0. The molecule has 3 aromatic rings. The molecule has 12 heteroatoms. The lowest BCUT2D eigenvalue weighted by Gasteiger charge is -2.53. The van der Waals surface area contributed by atoms with Gasteiger partial charge in [-0.2, -0.15) is 5.10 Å². The van der Waals surface area contributed by atoms with E-state index in [9.17, 15) is 13.3 Å². The molecule has 0 aromatic carbocycles. The minimum atomic E-state index is -2.67. The van der Waals surface area contributed by atoms with E-state index in [1.165, 1.54) is 23.0 Å². The van der Waals surface area contributed by atoms with Crippen molar-refractivity contribution < 1.29 is 18.1 Å². The Bertz CT molecular complexity index is 1070. The number of hydrogen-bond acceptors (Lipinski definition) is 8. The Morgan fingerprint density at radius 1 is 1.20 bits per heavy atom. The predicted octanol–water partition coefficient (Wildman–Crippen LogP) is 1.31. The number of fused-ring (bicyclic) bond motifs is 1. The first kappa shape index (κ1) is 19.5. The Labute approximate surface area is 174 Å². The van der Waals surface area contributed by atoms with E-state index in [0.717, 1.165) is 0 Å². The summed E-state index contributed by atoms with van der Waals surface area (Å²) < 4.78 is 47.2. The number of ether oxygens (including phenoxy) is 1. The van der Waals surface area contributed by atoms with Gasteiger partial charge in [-0.05, 0) is 12.1 Å². The molecule has 0 amide bonds. The number of alkyl halides is 2. The van der Waals surface area contributed by atoms with Crippen molar-refractivity contribution in [2.45, 2.75) is 12.0 Å². The molecular formula is C18H19F2N7O2S. The zero-order valence-electron chi connectivity index (χ0n) is 16.1. The van der Waals surface area contributed by atoms with Gasteiger partial charge in [0.2, 0.25) is 0 Å². The minimum absolute atomic E-state index is 0.326. The number of imidazole rings is 1. The van der Waals surface area contributed by atoms with E-state index in [1.807, 2.05) is 4.31 Å². The lowest BCUT2D eigenvalue weighted by Crippen LogP contribution is -2.70. The van der Waals surface area contributed by atoms with Crippen molar-refractivity contribution in [2.24, 2.45) is 0 Å². The van der Waals surface area contributed by atoms with E-state index >= 15 is 0 Å². The van der Waals surface area contributed by atoms with Crippen molar-refractivity contribution in [3.8, 4) is 11.4 Å². The van der Waals surface area contributed by atoms with E-state index in [2.05, 4.69) is 25.0 Å². The van der Waals surface area contributed by atoms with Crippen LogP contribution in [0.3, 0.4) is 0 Å². The number of morpholine rings is 1. The van der Waals surface area contributed by atoms with Crippen molar-refractivity contribution in [1.29, 1.82) is 0 Å². The second kappa shape index (κ2) is 7.38. The molecule has 9 nitrogen and oxygen atoms in total. The van der Waals surface area contributed by atoms with Crippen LogP contribution in [0.2, 0.25) is 0 Å². The second-order valence-corrected chi connectivity index (χ2v) is 8.77. The van der Waals surface area contributed by atoms with Crippen molar-refractivity contribution in [3.63, 3.8) is 0 Å². The SMILES string of the molecule is C[S+]([O-])N1CCOC2(CN(c3cc(-c4cnc5ccc(C(F)F)nn45)ncn3)C2)C1. The van der Waals surface area contributed by atoms with Crippen LogP contribution < -0.4 is 4.90 Å². The first-order valence-electron chi connectivity index (χ1n) is 9.37. The highest BCUT2D eigenvalue weighted by molar-refractivity contribution is 7.88. The summed E-state index contributed by atoms with van der Waals surface area (Å²) in [7, 11) is 0. The molecule has 30 heavy (non-hydrogen) atoms. The summed E-state index contributed by atoms with van der Waals surface area (Å²) in [6, 6.07) is 4.55. The largest absolute Gasteiger partial charge is 0.598 e. The molecule has 2 fully saturated rings. The standard InChI is InChI=1S/C18H19F2N7O2S/c1-30(28)26-4-5-29-18(10-26)8-25(9-18)16-6-13(22-11-23-16)14-7-21-15-3-2-12(17(19)20)24-27(14)15/h2-3,6-7,11,17H,4-5,8-10H2,1H3. The number of rotatable bonds is 4. The van der Waals surface area contributed by atoms with Gasteiger partial charge in [-0.3, -0.25) is 0 Å². The van der Waals surface area contributed by atoms with Crippen LogP contribution in [0.1, 0.15) is 12.1 Å². The zero-order chi connectivity index (χ0) is 20.9. The maximum Gasteiger partial charge on any atom is 0.282 e. The number of halogens is 2. The fourth-order valence-electron chi connectivity index (χ4n) is 3.87. The van der Waals surface area contributed by atoms with Gasteiger partial charge in [-0.25, -0.2) is 28.2 Å². The molecule has 5 heterocycles. The molecule has 0 N–H and O–H groups in total. The normalized spacial score (nSPS) is 20.1. The van der Waals surface area contributed by atoms with E-state index in [0.29, 0.717) is 55.6 Å². The number of anilines is 1. The quantitative estimate of drug-likeness (QED) is 0.566. The van der Waals surface area contributed by atoms with E-state index in [4.69, 9.17) is 4.74 Å². The summed E-state index contributed by atoms with van der Waals surface area (Å²) >= 11 is -1.03. The van der Waals surface area contributed by atoms with Crippen LogP contribution in [0, 0.1) is 0 Å². The Morgan fingerprint density at radius 2 is 2.03 bits per heavy atom. The number of nitrogens with zero attached hydrogens (tertiary/aromatic N) is 7. The van der Waals surface area contributed by atoms with Gasteiger partial charge in [0.25, 0.3) is 6.43 Å². The summed E-state index contributed by atoms with van der Waals surface area (Å²) in [4.78, 5) is 14.9. The van der Waals surface area contributed by atoms with Gasteiger partial charge in [-0.1, -0.05) is 0 Å². The third-order valence-electron chi connectivity index (χ3n) is 5.38. The van der Waals surface area contributed by atoms with Crippen LogP contribution in [0.4, 0.5) is 14.6 Å². The maximum atomic E-state index is 13.0. The van der Waals surface area contributed by atoms with Gasteiger partial charge in [-0.15, -0.1) is 4.31 Å². The van der Waals surface area contributed by atoms with Crippen molar-refractivity contribution in [1.82, 2.24) is 28.9 Å². The van der Waals surface area contributed by atoms with Crippen molar-refractivity contribution in [2.75, 3.05) is 43.9 Å². The molecule has 0 bridgehead atoms. The van der Waals surface area contributed by atoms with Gasteiger partial charge in [0.15, 0.2) is 5.65 Å². The molecule has 2 aliphatic rings. The molecule has 0 radical (unpaired) electrons. The van der Waals surface area contributed by atoms with Crippen LogP contribution in [0.5, 0.6) is 0 Å². The van der Waals surface area contributed by atoms with Crippen molar-refractivity contribution in [3.05, 3.63) is 36.4 Å². The first-order valence-corrected chi connectivity index (χ1v) is 10.9. The average Bonchev–Trinajstić information content (AvgIpc) is 3.15. The smallest absolute Gasteiger partial charge is 0.282 e. The molecule has 0 saturated carbocycles. The molecule has 1 unspecified atom stereocenters. The zero-order valence-corrected chi connectivity index (χ0v) is 16.9. The Kier molecular flexibility index (Phi) is 4.81. The molecule has 158 valence electrons. The lowest BCUT2D eigenvalue weighted by atomic mass is 9.92. The monoisotopic (exact) mass is 435 g/mol. The molecule has 2 saturated heterocycles. The number of hydrogen-bond donors (Lipinski definition) is 0. The first-order chi connectivity index (χ1) is 14.4. The third kappa shape index (κ3) is 3.39.